The van der Waals surface area contributed by atoms with Crippen molar-refractivity contribution in [2.24, 2.45) is 0 Å². The van der Waals surface area contributed by atoms with Gasteiger partial charge in [0.1, 0.15) is 5.75 Å². The lowest BCUT2D eigenvalue weighted by Crippen LogP contribution is -2.16. The van der Waals surface area contributed by atoms with Gasteiger partial charge >= 0.3 is 0 Å². The molecule has 0 aliphatic heterocycles. The van der Waals surface area contributed by atoms with Crippen molar-refractivity contribution in [1.29, 1.82) is 0 Å². The van der Waals surface area contributed by atoms with Gasteiger partial charge in [0.25, 0.3) is 0 Å². The van der Waals surface area contributed by atoms with Crippen LogP contribution in [0.1, 0.15) is 26.3 Å². The lowest BCUT2D eigenvalue weighted by molar-refractivity contribution is 0.475. The van der Waals surface area contributed by atoms with E-state index in [1.165, 1.54) is 5.56 Å². The van der Waals surface area contributed by atoms with Gasteiger partial charge in [-0.3, -0.25) is 0 Å². The Morgan fingerprint density at radius 2 is 1.08 bits per heavy atom. The summed E-state index contributed by atoms with van der Waals surface area (Å²) in [7, 11) is 0. The molecule has 0 heterocycles. The maximum Gasteiger partial charge on any atom is 0.118 e. The van der Waals surface area contributed by atoms with Crippen LogP contribution in [0, 0.1) is 0 Å². The van der Waals surface area contributed by atoms with Gasteiger partial charge in [-0.15, -0.1) is 0 Å². The van der Waals surface area contributed by atoms with Crippen LogP contribution in [0.3, 0.4) is 0 Å². The van der Waals surface area contributed by atoms with E-state index in [9.17, 15) is 5.11 Å². The standard InChI is InChI=1S/C34H30BrNO/c1-34(2,3)26-19-31(24-13-7-4-8-14-24)33(32(20-26)25-15-9-5-10-16-25)36(28-17-11-6-12-18-28)29-21-27(35)22-30(37)23-29/h4-23,37H,1-3H3. The van der Waals surface area contributed by atoms with Crippen molar-refractivity contribution in [2.75, 3.05) is 4.90 Å². The Labute approximate surface area is 228 Å². The molecular formula is C34H30BrNO. The highest BCUT2D eigenvalue weighted by Gasteiger charge is 2.26. The third kappa shape index (κ3) is 5.33. The Bertz CT molecular complexity index is 1430. The molecule has 1 N–H and O–H groups in total. The fourth-order valence-corrected chi connectivity index (χ4v) is 5.13. The van der Waals surface area contributed by atoms with Gasteiger partial charge < -0.3 is 10.0 Å². The Kier molecular flexibility index (Phi) is 6.90. The lowest BCUT2D eigenvalue weighted by atomic mass is 9.82. The number of para-hydroxylation sites is 1. The van der Waals surface area contributed by atoms with Crippen molar-refractivity contribution in [1.82, 2.24) is 0 Å². The van der Waals surface area contributed by atoms with E-state index in [4.69, 9.17) is 0 Å². The minimum atomic E-state index is -0.0444. The van der Waals surface area contributed by atoms with E-state index < -0.39 is 0 Å². The SMILES string of the molecule is CC(C)(C)c1cc(-c2ccccc2)c(N(c2ccccc2)c2cc(O)cc(Br)c2)c(-c2ccccc2)c1. The third-order valence-electron chi connectivity index (χ3n) is 6.51. The zero-order valence-corrected chi connectivity index (χ0v) is 22.9. The maximum atomic E-state index is 10.6. The van der Waals surface area contributed by atoms with Crippen molar-refractivity contribution in [3.8, 4) is 28.0 Å². The van der Waals surface area contributed by atoms with Crippen LogP contribution in [0.4, 0.5) is 17.1 Å². The summed E-state index contributed by atoms with van der Waals surface area (Å²) < 4.78 is 0.817. The molecule has 0 radical (unpaired) electrons. The summed E-state index contributed by atoms with van der Waals surface area (Å²) in [5, 5.41) is 10.6. The van der Waals surface area contributed by atoms with Crippen LogP contribution in [0.15, 0.2) is 126 Å². The minimum absolute atomic E-state index is 0.0444. The van der Waals surface area contributed by atoms with Crippen molar-refractivity contribution in [3.05, 3.63) is 131 Å². The Morgan fingerprint density at radius 1 is 0.595 bits per heavy atom. The zero-order chi connectivity index (χ0) is 26.0. The summed E-state index contributed by atoms with van der Waals surface area (Å²) in [6, 6.07) is 41.7. The summed E-state index contributed by atoms with van der Waals surface area (Å²) in [6.45, 7) is 6.77. The molecule has 5 aromatic carbocycles. The van der Waals surface area contributed by atoms with Crippen LogP contribution in [-0.4, -0.2) is 5.11 Å². The second-order valence-corrected chi connectivity index (χ2v) is 11.2. The molecule has 0 bridgehead atoms. The van der Waals surface area contributed by atoms with E-state index in [0.717, 1.165) is 43.8 Å². The molecule has 0 saturated carbocycles. The Balaban J connectivity index is 1.94. The predicted molar refractivity (Wildman–Crippen MR) is 160 cm³/mol. The van der Waals surface area contributed by atoms with Crippen LogP contribution >= 0.6 is 15.9 Å². The van der Waals surface area contributed by atoms with Crippen LogP contribution in [-0.2, 0) is 5.41 Å². The second kappa shape index (κ2) is 10.3. The minimum Gasteiger partial charge on any atom is -0.508 e. The molecule has 0 fully saturated rings. The molecule has 0 atom stereocenters. The fraction of sp³-hybridized carbons (Fsp3) is 0.118. The first-order valence-corrected chi connectivity index (χ1v) is 13.2. The normalized spacial score (nSPS) is 11.4. The average molecular weight is 549 g/mol. The highest BCUT2D eigenvalue weighted by atomic mass is 79.9. The van der Waals surface area contributed by atoms with E-state index in [1.807, 2.05) is 30.3 Å². The van der Waals surface area contributed by atoms with Crippen molar-refractivity contribution in [2.45, 2.75) is 26.2 Å². The van der Waals surface area contributed by atoms with Gasteiger partial charge in [0.15, 0.2) is 0 Å². The number of phenols is 1. The predicted octanol–water partition coefficient (Wildman–Crippen LogP) is 10.3. The summed E-state index contributed by atoms with van der Waals surface area (Å²) in [5.41, 5.74) is 8.71. The number of rotatable bonds is 5. The van der Waals surface area contributed by atoms with Crippen LogP contribution < -0.4 is 4.90 Å². The van der Waals surface area contributed by atoms with Gasteiger partial charge in [0.2, 0.25) is 0 Å². The van der Waals surface area contributed by atoms with Gasteiger partial charge in [-0.05, 0) is 58.5 Å². The summed E-state index contributed by atoms with van der Waals surface area (Å²) in [5.74, 6) is 0.208. The zero-order valence-electron chi connectivity index (χ0n) is 21.3. The number of nitrogens with zero attached hydrogens (tertiary/aromatic N) is 1. The number of hydrogen-bond donors (Lipinski definition) is 1. The van der Waals surface area contributed by atoms with Gasteiger partial charge in [-0.2, -0.15) is 0 Å². The highest BCUT2D eigenvalue weighted by molar-refractivity contribution is 9.10. The maximum absolute atomic E-state index is 10.6. The number of hydrogen-bond acceptors (Lipinski definition) is 2. The van der Waals surface area contributed by atoms with Gasteiger partial charge in [-0.1, -0.05) is 116 Å². The second-order valence-electron chi connectivity index (χ2n) is 10.2. The highest BCUT2D eigenvalue weighted by Crippen LogP contribution is 2.49. The Hall–Kier alpha value is -3.82. The molecule has 184 valence electrons. The Morgan fingerprint density at radius 3 is 1.54 bits per heavy atom. The smallest absolute Gasteiger partial charge is 0.118 e. The largest absolute Gasteiger partial charge is 0.508 e. The molecule has 0 aliphatic carbocycles. The molecule has 5 aromatic rings. The molecule has 0 unspecified atom stereocenters. The molecule has 0 saturated heterocycles. The van der Waals surface area contributed by atoms with Gasteiger partial charge in [0.05, 0.1) is 11.4 Å². The molecule has 0 spiro atoms. The lowest BCUT2D eigenvalue weighted by Gasteiger charge is -2.32. The third-order valence-corrected chi connectivity index (χ3v) is 6.97. The summed E-state index contributed by atoms with van der Waals surface area (Å²) in [6.07, 6.45) is 0. The molecule has 37 heavy (non-hydrogen) atoms. The van der Waals surface area contributed by atoms with E-state index in [-0.39, 0.29) is 11.2 Å². The molecule has 2 nitrogen and oxygen atoms in total. The first kappa shape index (κ1) is 24.9. The average Bonchev–Trinajstić information content (AvgIpc) is 2.89. The van der Waals surface area contributed by atoms with Gasteiger partial charge in [0, 0.05) is 27.4 Å². The molecule has 3 heteroatoms. The first-order valence-electron chi connectivity index (χ1n) is 12.5. The van der Waals surface area contributed by atoms with Crippen molar-refractivity contribution < 1.29 is 5.11 Å². The van der Waals surface area contributed by atoms with E-state index >= 15 is 0 Å². The number of halogens is 1. The van der Waals surface area contributed by atoms with Gasteiger partial charge in [-0.25, -0.2) is 0 Å². The van der Waals surface area contributed by atoms with Crippen molar-refractivity contribution >= 4 is 33.0 Å². The van der Waals surface area contributed by atoms with Crippen molar-refractivity contribution in [3.63, 3.8) is 0 Å². The van der Waals surface area contributed by atoms with E-state index in [1.54, 1.807) is 6.07 Å². The molecule has 0 amide bonds. The number of benzene rings is 5. The van der Waals surface area contributed by atoms with Crippen LogP contribution in [0.25, 0.3) is 22.3 Å². The summed E-state index contributed by atoms with van der Waals surface area (Å²) in [4.78, 5) is 2.25. The molecular weight excluding hydrogens is 518 g/mol. The fourth-order valence-electron chi connectivity index (χ4n) is 4.66. The molecule has 5 rings (SSSR count). The van der Waals surface area contributed by atoms with Crippen LogP contribution in [0.5, 0.6) is 5.75 Å². The number of anilines is 3. The molecule has 0 aliphatic rings. The monoisotopic (exact) mass is 547 g/mol. The topological polar surface area (TPSA) is 23.5 Å². The first-order chi connectivity index (χ1) is 17.8. The molecule has 0 aromatic heterocycles. The quantitative estimate of drug-likeness (QED) is 0.236. The number of phenolic OH excluding ortho intramolecular Hbond substituents is 1. The van der Waals surface area contributed by atoms with E-state index in [2.05, 4.69) is 127 Å². The van der Waals surface area contributed by atoms with E-state index in [0.29, 0.717) is 0 Å². The number of aromatic hydroxyl groups is 1. The van der Waals surface area contributed by atoms with Crippen LogP contribution in [0.2, 0.25) is 0 Å². The summed E-state index contributed by atoms with van der Waals surface area (Å²) >= 11 is 3.60.